The minimum Gasteiger partial charge on any atom is -0.395 e. The van der Waals surface area contributed by atoms with Crippen molar-refractivity contribution in [3.8, 4) is 0 Å². The quantitative estimate of drug-likeness (QED) is 0.898. The van der Waals surface area contributed by atoms with E-state index in [2.05, 4.69) is 41.0 Å². The van der Waals surface area contributed by atoms with Gasteiger partial charge < -0.3 is 14.9 Å². The highest BCUT2D eigenvalue weighted by atomic mass is 16.3. The van der Waals surface area contributed by atoms with Crippen LogP contribution in [0, 0.1) is 0 Å². The average Bonchev–Trinajstić information content (AvgIpc) is 2.75. The Bertz CT molecular complexity index is 438. The third-order valence-electron chi connectivity index (χ3n) is 4.94. The van der Waals surface area contributed by atoms with E-state index >= 15 is 0 Å². The largest absolute Gasteiger partial charge is 0.395 e. The van der Waals surface area contributed by atoms with Crippen LogP contribution in [-0.4, -0.2) is 49.3 Å². The van der Waals surface area contributed by atoms with Crippen LogP contribution in [0.25, 0.3) is 0 Å². The molecule has 1 fully saturated rings. The lowest BCUT2D eigenvalue weighted by Crippen LogP contribution is -2.45. The van der Waals surface area contributed by atoms with E-state index in [1.54, 1.807) is 0 Å². The van der Waals surface area contributed by atoms with Crippen LogP contribution in [0.5, 0.6) is 0 Å². The first-order chi connectivity index (χ1) is 9.29. The maximum atomic E-state index is 9.27. The molecule has 0 amide bonds. The molecule has 0 atom stereocenters. The number of β-amino-alcohol motifs (C(OH)–C–C–N with tert-alkyl or cyclic N) is 1. The third-order valence-corrected chi connectivity index (χ3v) is 4.94. The Kier molecular flexibility index (Phi) is 3.50. The first-order valence-electron chi connectivity index (χ1n) is 7.47. The topological polar surface area (TPSA) is 26.7 Å². The van der Waals surface area contributed by atoms with Crippen molar-refractivity contribution in [2.75, 3.05) is 44.2 Å². The number of anilines is 1. The molecule has 3 nitrogen and oxygen atoms in total. The van der Waals surface area contributed by atoms with Crippen LogP contribution in [0.4, 0.5) is 5.69 Å². The number of rotatable bonds is 3. The number of para-hydroxylation sites is 1. The summed E-state index contributed by atoms with van der Waals surface area (Å²) < 4.78 is 0. The third kappa shape index (κ3) is 2.15. The molecule has 1 saturated heterocycles. The highest BCUT2D eigenvalue weighted by Crippen LogP contribution is 2.46. The highest BCUT2D eigenvalue weighted by molar-refractivity contribution is 5.62. The Morgan fingerprint density at radius 3 is 2.63 bits per heavy atom. The second kappa shape index (κ2) is 5.14. The molecule has 104 valence electrons. The van der Waals surface area contributed by atoms with Crippen LogP contribution in [0.1, 0.15) is 25.3 Å². The molecular weight excluding hydrogens is 236 g/mol. The number of likely N-dealkylation sites (tertiary alicyclic amines) is 1. The molecule has 0 aliphatic carbocycles. The second-order valence-corrected chi connectivity index (χ2v) is 5.88. The number of piperidine rings is 1. The van der Waals surface area contributed by atoms with Gasteiger partial charge in [-0.25, -0.2) is 0 Å². The fourth-order valence-corrected chi connectivity index (χ4v) is 3.78. The summed E-state index contributed by atoms with van der Waals surface area (Å²) in [5.41, 5.74) is 3.19. The van der Waals surface area contributed by atoms with E-state index < -0.39 is 0 Å². The van der Waals surface area contributed by atoms with Crippen molar-refractivity contribution in [2.24, 2.45) is 0 Å². The molecule has 1 N–H and O–H groups in total. The Balaban J connectivity index is 1.88. The highest BCUT2D eigenvalue weighted by Gasteiger charge is 2.43. The maximum absolute atomic E-state index is 9.27. The summed E-state index contributed by atoms with van der Waals surface area (Å²) in [6, 6.07) is 8.79. The molecule has 0 unspecified atom stereocenters. The lowest BCUT2D eigenvalue weighted by Gasteiger charge is -2.39. The lowest BCUT2D eigenvalue weighted by molar-refractivity contribution is 0.172. The number of nitrogens with zero attached hydrogens (tertiary/aromatic N) is 2. The van der Waals surface area contributed by atoms with Crippen molar-refractivity contribution in [3.05, 3.63) is 29.8 Å². The van der Waals surface area contributed by atoms with Gasteiger partial charge in [0.05, 0.1) is 6.61 Å². The molecule has 0 radical (unpaired) electrons. The van der Waals surface area contributed by atoms with Gasteiger partial charge in [0.2, 0.25) is 0 Å². The first kappa shape index (κ1) is 12.9. The van der Waals surface area contributed by atoms with Crippen LogP contribution in [0.3, 0.4) is 0 Å². The van der Waals surface area contributed by atoms with Crippen molar-refractivity contribution in [1.29, 1.82) is 0 Å². The summed E-state index contributed by atoms with van der Waals surface area (Å²) in [5.74, 6) is 0. The van der Waals surface area contributed by atoms with E-state index in [-0.39, 0.29) is 6.61 Å². The van der Waals surface area contributed by atoms with E-state index in [4.69, 9.17) is 0 Å². The molecule has 2 aliphatic heterocycles. The Labute approximate surface area is 115 Å². The van der Waals surface area contributed by atoms with Crippen molar-refractivity contribution in [3.63, 3.8) is 0 Å². The van der Waals surface area contributed by atoms with Gasteiger partial charge in [0, 0.05) is 24.2 Å². The first-order valence-corrected chi connectivity index (χ1v) is 7.47. The van der Waals surface area contributed by atoms with E-state index in [0.717, 1.165) is 19.6 Å². The predicted molar refractivity (Wildman–Crippen MR) is 78.8 cm³/mol. The Hall–Kier alpha value is -1.06. The smallest absolute Gasteiger partial charge is 0.0606 e. The van der Waals surface area contributed by atoms with Crippen molar-refractivity contribution in [2.45, 2.75) is 25.2 Å². The van der Waals surface area contributed by atoms with Gasteiger partial charge in [0.15, 0.2) is 0 Å². The second-order valence-electron chi connectivity index (χ2n) is 5.88. The molecule has 2 aliphatic rings. The summed E-state index contributed by atoms with van der Waals surface area (Å²) in [7, 11) is 0. The molecule has 0 bridgehead atoms. The summed E-state index contributed by atoms with van der Waals surface area (Å²) in [5, 5.41) is 9.27. The Morgan fingerprint density at radius 2 is 1.95 bits per heavy atom. The zero-order chi connectivity index (χ0) is 13.3. The molecule has 3 rings (SSSR count). The van der Waals surface area contributed by atoms with Gasteiger partial charge in [-0.3, -0.25) is 0 Å². The molecule has 0 aromatic heterocycles. The van der Waals surface area contributed by atoms with E-state index in [0.29, 0.717) is 5.41 Å². The maximum Gasteiger partial charge on any atom is 0.0606 e. The van der Waals surface area contributed by atoms with Crippen LogP contribution in [-0.2, 0) is 5.41 Å². The van der Waals surface area contributed by atoms with Gasteiger partial charge in [-0.05, 0) is 44.1 Å². The standard InChI is InChI=1S/C16H24N2O/c1-2-17-9-7-16(8-10-17)13-18(11-12-19)15-6-4-3-5-14(15)16/h3-6,19H,2,7-13H2,1H3. The SMILES string of the molecule is CCN1CCC2(CC1)CN(CCO)c1ccccc12. The molecule has 0 saturated carbocycles. The zero-order valence-electron chi connectivity index (χ0n) is 11.8. The number of benzene rings is 1. The van der Waals surface area contributed by atoms with Crippen LogP contribution < -0.4 is 4.90 Å². The molecular formula is C16H24N2O. The van der Waals surface area contributed by atoms with Gasteiger partial charge in [-0.2, -0.15) is 0 Å². The normalized spacial score (nSPS) is 21.9. The van der Waals surface area contributed by atoms with Gasteiger partial charge in [0.25, 0.3) is 0 Å². The fourth-order valence-electron chi connectivity index (χ4n) is 3.78. The number of fused-ring (bicyclic) bond motifs is 2. The molecule has 19 heavy (non-hydrogen) atoms. The molecule has 2 heterocycles. The number of aliphatic hydroxyl groups is 1. The summed E-state index contributed by atoms with van der Waals surface area (Å²) in [6.45, 7) is 7.92. The average molecular weight is 260 g/mol. The molecule has 1 aromatic carbocycles. The summed E-state index contributed by atoms with van der Waals surface area (Å²) in [6.07, 6.45) is 2.50. The van der Waals surface area contributed by atoms with E-state index in [1.807, 2.05) is 0 Å². The summed E-state index contributed by atoms with van der Waals surface area (Å²) in [4.78, 5) is 4.92. The van der Waals surface area contributed by atoms with Gasteiger partial charge in [0.1, 0.15) is 0 Å². The molecule has 1 aromatic rings. The van der Waals surface area contributed by atoms with Crippen molar-refractivity contribution >= 4 is 5.69 Å². The number of hydrogen-bond acceptors (Lipinski definition) is 3. The predicted octanol–water partition coefficient (Wildman–Crippen LogP) is 1.85. The van der Waals surface area contributed by atoms with Crippen LogP contribution in [0.15, 0.2) is 24.3 Å². The monoisotopic (exact) mass is 260 g/mol. The fraction of sp³-hybridized carbons (Fsp3) is 0.625. The lowest BCUT2D eigenvalue weighted by atomic mass is 9.74. The van der Waals surface area contributed by atoms with Crippen LogP contribution >= 0.6 is 0 Å². The zero-order valence-corrected chi connectivity index (χ0v) is 11.8. The van der Waals surface area contributed by atoms with Crippen LogP contribution in [0.2, 0.25) is 0 Å². The molecule has 1 spiro atoms. The Morgan fingerprint density at radius 1 is 1.21 bits per heavy atom. The van der Waals surface area contributed by atoms with E-state index in [1.165, 1.54) is 37.2 Å². The number of hydrogen-bond donors (Lipinski definition) is 1. The van der Waals surface area contributed by atoms with Gasteiger partial charge in [-0.15, -0.1) is 0 Å². The van der Waals surface area contributed by atoms with E-state index in [9.17, 15) is 5.11 Å². The minimum atomic E-state index is 0.242. The van der Waals surface area contributed by atoms with Gasteiger partial charge in [-0.1, -0.05) is 25.1 Å². The van der Waals surface area contributed by atoms with Crippen molar-refractivity contribution < 1.29 is 5.11 Å². The minimum absolute atomic E-state index is 0.242. The van der Waals surface area contributed by atoms with Gasteiger partial charge >= 0.3 is 0 Å². The van der Waals surface area contributed by atoms with Crippen molar-refractivity contribution in [1.82, 2.24) is 4.90 Å². The summed E-state index contributed by atoms with van der Waals surface area (Å²) >= 11 is 0. The molecule has 3 heteroatoms. The number of aliphatic hydroxyl groups excluding tert-OH is 1.